The average molecular weight is 399 g/mol. The molecule has 2 amide bonds. The summed E-state index contributed by atoms with van der Waals surface area (Å²) in [4.78, 5) is 30.4. The van der Waals surface area contributed by atoms with Crippen molar-refractivity contribution in [3.8, 4) is 0 Å². The quantitative estimate of drug-likeness (QED) is 0.576. The van der Waals surface area contributed by atoms with E-state index in [0.717, 1.165) is 36.8 Å². The van der Waals surface area contributed by atoms with Gasteiger partial charge in [-0.3, -0.25) is 9.69 Å². The van der Waals surface area contributed by atoms with E-state index >= 15 is 0 Å². The molecule has 1 aliphatic heterocycles. The number of nitrogens with zero attached hydrogens (tertiary/aromatic N) is 2. The summed E-state index contributed by atoms with van der Waals surface area (Å²) in [6, 6.07) is 14.4. The van der Waals surface area contributed by atoms with Gasteiger partial charge in [-0.2, -0.15) is 0 Å². The maximum atomic E-state index is 12.6. The number of hydrogen-bond acceptors (Lipinski definition) is 5. The summed E-state index contributed by atoms with van der Waals surface area (Å²) in [7, 11) is 2.09. The Morgan fingerprint density at radius 2 is 1.64 bits per heavy atom. The van der Waals surface area contributed by atoms with Gasteiger partial charge in [0.15, 0.2) is 5.78 Å². The molecular formula is C21H26N4O2S. The lowest BCUT2D eigenvalue weighted by molar-refractivity contribution is 0.0876. The maximum absolute atomic E-state index is 12.6. The van der Waals surface area contributed by atoms with E-state index in [2.05, 4.69) is 27.5 Å². The van der Waals surface area contributed by atoms with E-state index in [-0.39, 0.29) is 11.8 Å². The van der Waals surface area contributed by atoms with Crippen molar-refractivity contribution < 1.29 is 9.59 Å². The zero-order valence-electron chi connectivity index (χ0n) is 16.3. The molecule has 0 saturated carbocycles. The zero-order chi connectivity index (χ0) is 19.9. The van der Waals surface area contributed by atoms with E-state index in [4.69, 9.17) is 0 Å². The SMILES string of the molecule is CSc1ccc(NC(=O)Nc2cccc(C(=O)CN3CCN(C)CC3)c2)cc1. The highest BCUT2D eigenvalue weighted by molar-refractivity contribution is 7.98. The van der Waals surface area contributed by atoms with Crippen molar-refractivity contribution in [3.63, 3.8) is 0 Å². The number of amides is 2. The van der Waals surface area contributed by atoms with Gasteiger partial charge >= 0.3 is 6.03 Å². The minimum absolute atomic E-state index is 0.0706. The normalized spacial score (nSPS) is 15.2. The van der Waals surface area contributed by atoms with Crippen molar-refractivity contribution >= 4 is 35.0 Å². The second kappa shape index (κ2) is 9.73. The number of rotatable bonds is 6. The lowest BCUT2D eigenvalue weighted by Crippen LogP contribution is -2.46. The van der Waals surface area contributed by atoms with Crippen LogP contribution in [0.15, 0.2) is 53.4 Å². The number of anilines is 2. The molecule has 148 valence electrons. The van der Waals surface area contributed by atoms with Crippen molar-refractivity contribution in [2.45, 2.75) is 4.90 Å². The molecule has 2 aromatic rings. The third kappa shape index (κ3) is 5.82. The molecule has 0 aromatic heterocycles. The number of hydrogen-bond donors (Lipinski definition) is 2. The first-order chi connectivity index (χ1) is 13.5. The third-order valence-electron chi connectivity index (χ3n) is 4.75. The highest BCUT2D eigenvalue weighted by atomic mass is 32.2. The Morgan fingerprint density at radius 1 is 0.964 bits per heavy atom. The first-order valence-corrected chi connectivity index (χ1v) is 10.5. The molecule has 1 aliphatic rings. The van der Waals surface area contributed by atoms with Gasteiger partial charge < -0.3 is 15.5 Å². The number of carbonyl (C=O) groups excluding carboxylic acids is 2. The van der Waals surface area contributed by atoms with Crippen LogP contribution < -0.4 is 10.6 Å². The van der Waals surface area contributed by atoms with Gasteiger partial charge in [-0.25, -0.2) is 4.79 Å². The summed E-state index contributed by atoms with van der Waals surface area (Å²) < 4.78 is 0. The van der Waals surface area contributed by atoms with Crippen LogP contribution in [0.1, 0.15) is 10.4 Å². The van der Waals surface area contributed by atoms with Crippen LogP contribution in [0.25, 0.3) is 0 Å². The molecular weight excluding hydrogens is 372 g/mol. The van der Waals surface area contributed by atoms with E-state index in [0.29, 0.717) is 17.8 Å². The molecule has 7 heteroatoms. The number of benzene rings is 2. The lowest BCUT2D eigenvalue weighted by atomic mass is 10.1. The van der Waals surface area contributed by atoms with Crippen LogP contribution in [-0.4, -0.2) is 67.6 Å². The molecule has 2 aromatic carbocycles. The summed E-state index contributed by atoms with van der Waals surface area (Å²) in [6.45, 7) is 4.17. The van der Waals surface area contributed by atoms with Gasteiger partial charge in [0.1, 0.15) is 0 Å². The van der Waals surface area contributed by atoms with E-state index in [1.807, 2.05) is 30.5 Å². The van der Waals surface area contributed by atoms with Gasteiger partial charge in [-0.05, 0) is 49.7 Å². The number of piperazine rings is 1. The number of ketones is 1. The Balaban J connectivity index is 1.56. The summed E-state index contributed by atoms with van der Waals surface area (Å²) >= 11 is 1.65. The third-order valence-corrected chi connectivity index (χ3v) is 5.50. The molecule has 0 radical (unpaired) electrons. The number of Topliss-reactive ketones (excluding diaryl/α,β-unsaturated/α-hetero) is 1. The molecule has 2 N–H and O–H groups in total. The van der Waals surface area contributed by atoms with E-state index in [1.54, 1.807) is 36.0 Å². The molecule has 0 aliphatic carbocycles. The van der Waals surface area contributed by atoms with Crippen molar-refractivity contribution in [2.75, 3.05) is 56.7 Å². The smallest absolute Gasteiger partial charge is 0.308 e. The Labute approximate surface area is 170 Å². The van der Waals surface area contributed by atoms with Crippen LogP contribution in [-0.2, 0) is 0 Å². The van der Waals surface area contributed by atoms with Gasteiger partial charge in [0.05, 0.1) is 6.54 Å². The Hall–Kier alpha value is -2.35. The Bertz CT molecular complexity index is 817. The van der Waals surface area contributed by atoms with Gasteiger partial charge in [0, 0.05) is 48.0 Å². The zero-order valence-corrected chi connectivity index (χ0v) is 17.1. The van der Waals surface area contributed by atoms with Crippen LogP contribution in [0.4, 0.5) is 16.2 Å². The van der Waals surface area contributed by atoms with Crippen LogP contribution in [0.5, 0.6) is 0 Å². The van der Waals surface area contributed by atoms with Gasteiger partial charge in [0.2, 0.25) is 0 Å². The predicted molar refractivity (Wildman–Crippen MR) is 116 cm³/mol. The van der Waals surface area contributed by atoms with Gasteiger partial charge in [0.25, 0.3) is 0 Å². The minimum Gasteiger partial charge on any atom is -0.308 e. The molecule has 6 nitrogen and oxygen atoms in total. The molecule has 0 spiro atoms. The lowest BCUT2D eigenvalue weighted by Gasteiger charge is -2.31. The fraction of sp³-hybridized carbons (Fsp3) is 0.333. The molecule has 3 rings (SSSR count). The van der Waals surface area contributed by atoms with Crippen LogP contribution in [0, 0.1) is 0 Å². The Morgan fingerprint density at radius 3 is 2.32 bits per heavy atom. The number of carbonyl (C=O) groups is 2. The molecule has 1 heterocycles. The van der Waals surface area contributed by atoms with Gasteiger partial charge in [-0.15, -0.1) is 11.8 Å². The highest BCUT2D eigenvalue weighted by Gasteiger charge is 2.17. The average Bonchev–Trinajstić information content (AvgIpc) is 2.70. The number of thioether (sulfide) groups is 1. The summed E-state index contributed by atoms with van der Waals surface area (Å²) in [6.07, 6.45) is 2.01. The number of urea groups is 1. The molecule has 28 heavy (non-hydrogen) atoms. The van der Waals surface area contributed by atoms with Crippen LogP contribution >= 0.6 is 11.8 Å². The van der Waals surface area contributed by atoms with Crippen LogP contribution in [0.3, 0.4) is 0 Å². The molecule has 0 bridgehead atoms. The topological polar surface area (TPSA) is 64.7 Å². The first kappa shape index (κ1) is 20.4. The number of nitrogens with one attached hydrogen (secondary N) is 2. The van der Waals surface area contributed by atoms with Crippen molar-refractivity contribution in [1.29, 1.82) is 0 Å². The molecule has 1 saturated heterocycles. The summed E-state index contributed by atoms with van der Waals surface area (Å²) in [5.74, 6) is 0.0706. The second-order valence-electron chi connectivity index (χ2n) is 6.89. The van der Waals surface area contributed by atoms with Crippen molar-refractivity contribution in [2.24, 2.45) is 0 Å². The fourth-order valence-electron chi connectivity index (χ4n) is 3.04. The van der Waals surface area contributed by atoms with E-state index in [9.17, 15) is 9.59 Å². The first-order valence-electron chi connectivity index (χ1n) is 9.30. The largest absolute Gasteiger partial charge is 0.323 e. The van der Waals surface area contributed by atoms with Crippen molar-refractivity contribution in [1.82, 2.24) is 9.80 Å². The monoisotopic (exact) mass is 398 g/mol. The predicted octanol–water partition coefficient (Wildman–Crippen LogP) is 3.48. The van der Waals surface area contributed by atoms with Gasteiger partial charge in [-0.1, -0.05) is 12.1 Å². The number of likely N-dealkylation sites (N-methyl/N-ethyl adjacent to an activating group) is 1. The fourth-order valence-corrected chi connectivity index (χ4v) is 3.45. The second-order valence-corrected chi connectivity index (χ2v) is 7.77. The highest BCUT2D eigenvalue weighted by Crippen LogP contribution is 2.18. The standard InChI is InChI=1S/C21H26N4O2S/c1-24-10-12-25(13-11-24)15-20(26)16-4-3-5-18(14-16)23-21(27)22-17-6-8-19(28-2)9-7-17/h3-9,14H,10-13,15H2,1-2H3,(H2,22,23,27). The summed E-state index contributed by atoms with van der Waals surface area (Å²) in [5, 5.41) is 5.60. The van der Waals surface area contributed by atoms with E-state index < -0.39 is 0 Å². The molecule has 0 unspecified atom stereocenters. The minimum atomic E-state index is -0.333. The maximum Gasteiger partial charge on any atom is 0.323 e. The van der Waals surface area contributed by atoms with Crippen LogP contribution in [0.2, 0.25) is 0 Å². The summed E-state index contributed by atoms with van der Waals surface area (Å²) in [5.41, 5.74) is 1.93. The molecule has 1 fully saturated rings. The van der Waals surface area contributed by atoms with E-state index in [1.165, 1.54) is 0 Å². The molecule has 0 atom stereocenters. The Kier molecular flexibility index (Phi) is 7.08. The van der Waals surface area contributed by atoms with Crippen molar-refractivity contribution in [3.05, 3.63) is 54.1 Å².